The molecular weight excluding hydrogens is 272 g/mol. The quantitative estimate of drug-likeness (QED) is 0.876. The van der Waals surface area contributed by atoms with Gasteiger partial charge in [0.05, 0.1) is 6.04 Å². The van der Waals surface area contributed by atoms with Crippen molar-refractivity contribution >= 4 is 34.8 Å². The van der Waals surface area contributed by atoms with E-state index in [9.17, 15) is 4.79 Å². The number of carbonyl (C=O) groups is 1. The highest BCUT2D eigenvalue weighted by Crippen LogP contribution is 2.23. The molecule has 2 aromatic rings. The number of hydrogen-bond acceptors (Lipinski definition) is 2. The van der Waals surface area contributed by atoms with Gasteiger partial charge >= 0.3 is 0 Å². The van der Waals surface area contributed by atoms with Crippen molar-refractivity contribution in [2.24, 2.45) is 0 Å². The van der Waals surface area contributed by atoms with Crippen molar-refractivity contribution in [3.8, 4) is 0 Å². The summed E-state index contributed by atoms with van der Waals surface area (Å²) in [5.41, 5.74) is 0.999. The lowest BCUT2D eigenvalue weighted by Gasteiger charge is -2.23. The molecular formula is C16H19ClN2O. The molecule has 0 aliphatic carbocycles. The molecule has 3 nitrogen and oxygen atoms in total. The number of hydrogen-bond donors (Lipinski definition) is 1. The van der Waals surface area contributed by atoms with E-state index in [1.54, 1.807) is 0 Å². The summed E-state index contributed by atoms with van der Waals surface area (Å²) in [6.07, 6.45) is 0.989. The lowest BCUT2D eigenvalue weighted by Crippen LogP contribution is -2.41. The summed E-state index contributed by atoms with van der Waals surface area (Å²) < 4.78 is 0. The Balaban J connectivity index is 0.00000147. The molecule has 1 heterocycles. The molecule has 1 aliphatic rings. The molecule has 1 amide bonds. The van der Waals surface area contributed by atoms with Crippen LogP contribution in [0.15, 0.2) is 42.5 Å². The number of fused-ring (bicyclic) bond motifs is 1. The molecule has 1 saturated heterocycles. The minimum Gasteiger partial charge on any atom is -0.311 e. The standard InChI is InChI=1S/C16H18N2O.ClH/c1-12-16(19)18(10-4-9-17-12)15-8-7-13-5-2-3-6-14(13)11-15;/h2-3,5-8,11-12,17H,4,9-10H2,1H3;1H/t12-;/m1./s1. The van der Waals surface area contributed by atoms with Crippen LogP contribution in [0.2, 0.25) is 0 Å². The van der Waals surface area contributed by atoms with E-state index in [-0.39, 0.29) is 24.4 Å². The highest BCUT2D eigenvalue weighted by Gasteiger charge is 2.24. The van der Waals surface area contributed by atoms with E-state index in [1.165, 1.54) is 10.8 Å². The van der Waals surface area contributed by atoms with Crippen LogP contribution in [0.4, 0.5) is 5.69 Å². The molecule has 3 rings (SSSR count). The zero-order chi connectivity index (χ0) is 13.2. The van der Waals surface area contributed by atoms with E-state index in [4.69, 9.17) is 0 Å². The summed E-state index contributed by atoms with van der Waals surface area (Å²) in [5, 5.41) is 5.63. The van der Waals surface area contributed by atoms with Gasteiger partial charge < -0.3 is 10.2 Å². The Morgan fingerprint density at radius 1 is 1.15 bits per heavy atom. The van der Waals surface area contributed by atoms with Gasteiger partial charge in [-0.1, -0.05) is 30.3 Å². The summed E-state index contributed by atoms with van der Waals surface area (Å²) in [6.45, 7) is 3.62. The first-order chi connectivity index (χ1) is 9.25. The fourth-order valence-corrected chi connectivity index (χ4v) is 2.59. The topological polar surface area (TPSA) is 32.3 Å². The second kappa shape index (κ2) is 6.25. The van der Waals surface area contributed by atoms with Gasteiger partial charge in [0.15, 0.2) is 0 Å². The highest BCUT2D eigenvalue weighted by atomic mass is 35.5. The fraction of sp³-hybridized carbons (Fsp3) is 0.312. The van der Waals surface area contributed by atoms with Crippen LogP contribution >= 0.6 is 12.4 Å². The first-order valence-electron chi connectivity index (χ1n) is 6.79. The van der Waals surface area contributed by atoms with E-state index in [2.05, 4.69) is 29.6 Å². The summed E-state index contributed by atoms with van der Waals surface area (Å²) in [5.74, 6) is 0.160. The third-order valence-corrected chi connectivity index (χ3v) is 3.69. The summed E-state index contributed by atoms with van der Waals surface area (Å²) >= 11 is 0. The molecule has 1 aliphatic heterocycles. The molecule has 20 heavy (non-hydrogen) atoms. The second-order valence-corrected chi connectivity index (χ2v) is 5.05. The molecule has 0 unspecified atom stereocenters. The van der Waals surface area contributed by atoms with Crippen LogP contribution in [0.5, 0.6) is 0 Å². The van der Waals surface area contributed by atoms with Gasteiger partial charge in [0, 0.05) is 12.2 Å². The smallest absolute Gasteiger partial charge is 0.243 e. The molecule has 4 heteroatoms. The number of anilines is 1. The van der Waals surface area contributed by atoms with Gasteiger partial charge in [-0.15, -0.1) is 12.4 Å². The minimum absolute atomic E-state index is 0. The van der Waals surface area contributed by atoms with Crippen molar-refractivity contribution in [1.29, 1.82) is 0 Å². The fourth-order valence-electron chi connectivity index (χ4n) is 2.59. The van der Waals surface area contributed by atoms with Gasteiger partial charge in [-0.2, -0.15) is 0 Å². The van der Waals surface area contributed by atoms with Crippen LogP contribution in [-0.2, 0) is 4.79 Å². The summed E-state index contributed by atoms with van der Waals surface area (Å²) in [6, 6.07) is 14.4. The predicted octanol–water partition coefficient (Wildman–Crippen LogP) is 2.98. The van der Waals surface area contributed by atoms with Crippen molar-refractivity contribution in [3.05, 3.63) is 42.5 Å². The highest BCUT2D eigenvalue weighted by molar-refractivity contribution is 5.99. The second-order valence-electron chi connectivity index (χ2n) is 5.05. The Hall–Kier alpha value is -1.58. The number of nitrogens with one attached hydrogen (secondary N) is 1. The zero-order valence-electron chi connectivity index (χ0n) is 11.5. The average molecular weight is 291 g/mol. The Kier molecular flexibility index (Phi) is 4.63. The van der Waals surface area contributed by atoms with Crippen molar-refractivity contribution in [1.82, 2.24) is 5.32 Å². The Bertz CT molecular complexity index is 614. The Morgan fingerprint density at radius 3 is 2.70 bits per heavy atom. The van der Waals surface area contributed by atoms with Crippen molar-refractivity contribution in [3.63, 3.8) is 0 Å². The molecule has 2 aromatic carbocycles. The Morgan fingerprint density at radius 2 is 1.90 bits per heavy atom. The Labute approximate surface area is 125 Å². The number of benzene rings is 2. The van der Waals surface area contributed by atoms with Crippen molar-refractivity contribution in [2.45, 2.75) is 19.4 Å². The normalized spacial score (nSPS) is 19.6. The lowest BCUT2D eigenvalue weighted by molar-refractivity contribution is -0.119. The predicted molar refractivity (Wildman–Crippen MR) is 85.6 cm³/mol. The van der Waals surface area contributed by atoms with Crippen LogP contribution in [0.3, 0.4) is 0 Å². The minimum atomic E-state index is -0.103. The van der Waals surface area contributed by atoms with E-state index >= 15 is 0 Å². The first kappa shape index (κ1) is 14.8. The molecule has 1 N–H and O–H groups in total. The monoisotopic (exact) mass is 290 g/mol. The van der Waals surface area contributed by atoms with E-state index < -0.39 is 0 Å². The van der Waals surface area contributed by atoms with Crippen LogP contribution in [0, 0.1) is 0 Å². The van der Waals surface area contributed by atoms with Gasteiger partial charge in [-0.05, 0) is 42.8 Å². The summed E-state index contributed by atoms with van der Waals surface area (Å²) in [4.78, 5) is 14.2. The summed E-state index contributed by atoms with van der Waals surface area (Å²) in [7, 11) is 0. The molecule has 0 radical (unpaired) electrons. The van der Waals surface area contributed by atoms with Gasteiger partial charge in [-0.25, -0.2) is 0 Å². The van der Waals surface area contributed by atoms with E-state index in [0.29, 0.717) is 0 Å². The molecule has 0 bridgehead atoms. The van der Waals surface area contributed by atoms with E-state index in [1.807, 2.05) is 30.0 Å². The number of nitrogens with zero attached hydrogens (tertiary/aromatic N) is 1. The van der Waals surface area contributed by atoms with Gasteiger partial charge in [0.2, 0.25) is 5.91 Å². The van der Waals surface area contributed by atoms with Crippen LogP contribution in [0.1, 0.15) is 13.3 Å². The largest absolute Gasteiger partial charge is 0.311 e. The van der Waals surface area contributed by atoms with Crippen LogP contribution in [0.25, 0.3) is 10.8 Å². The maximum Gasteiger partial charge on any atom is 0.243 e. The van der Waals surface area contributed by atoms with Gasteiger partial charge in [0.25, 0.3) is 0 Å². The number of halogens is 1. The molecule has 0 aromatic heterocycles. The maximum atomic E-state index is 12.3. The SMILES string of the molecule is C[C@H]1NCCCN(c2ccc3ccccc3c2)C1=O.Cl. The molecule has 1 fully saturated rings. The van der Waals surface area contributed by atoms with Crippen LogP contribution < -0.4 is 10.2 Å². The van der Waals surface area contributed by atoms with Crippen molar-refractivity contribution < 1.29 is 4.79 Å². The third-order valence-electron chi connectivity index (χ3n) is 3.69. The maximum absolute atomic E-state index is 12.3. The number of rotatable bonds is 1. The van der Waals surface area contributed by atoms with Crippen molar-refractivity contribution in [2.75, 3.05) is 18.0 Å². The number of amides is 1. The molecule has 0 saturated carbocycles. The average Bonchev–Trinajstić information content (AvgIpc) is 2.61. The van der Waals surface area contributed by atoms with Gasteiger partial charge in [-0.3, -0.25) is 4.79 Å². The molecule has 106 valence electrons. The zero-order valence-corrected chi connectivity index (χ0v) is 12.3. The first-order valence-corrected chi connectivity index (χ1v) is 6.79. The van der Waals surface area contributed by atoms with Gasteiger partial charge in [0.1, 0.15) is 0 Å². The van der Waals surface area contributed by atoms with E-state index in [0.717, 1.165) is 25.2 Å². The number of carbonyl (C=O) groups excluding carboxylic acids is 1. The third kappa shape index (κ3) is 2.79. The lowest BCUT2D eigenvalue weighted by atomic mass is 10.1. The molecule has 0 spiro atoms. The van der Waals surface area contributed by atoms with Crippen LogP contribution in [-0.4, -0.2) is 25.0 Å². The molecule has 1 atom stereocenters.